The molecule has 1 saturated heterocycles. The highest BCUT2D eigenvalue weighted by molar-refractivity contribution is 5.97. The van der Waals surface area contributed by atoms with Gasteiger partial charge in [0, 0.05) is 44.8 Å². The van der Waals surface area contributed by atoms with Crippen molar-refractivity contribution < 1.29 is 9.59 Å². The molecule has 0 unspecified atom stereocenters. The van der Waals surface area contributed by atoms with Crippen LogP contribution in [0.25, 0.3) is 11.0 Å². The summed E-state index contributed by atoms with van der Waals surface area (Å²) in [5.41, 5.74) is 3.97. The van der Waals surface area contributed by atoms with Crippen molar-refractivity contribution in [2.24, 2.45) is 0 Å². The van der Waals surface area contributed by atoms with E-state index in [0.29, 0.717) is 38.3 Å². The lowest BCUT2D eigenvalue weighted by atomic mass is 10.1. The van der Waals surface area contributed by atoms with Crippen LogP contribution >= 0.6 is 0 Å². The van der Waals surface area contributed by atoms with Gasteiger partial charge in [-0.1, -0.05) is 0 Å². The van der Waals surface area contributed by atoms with Crippen LogP contribution in [-0.2, 0) is 4.79 Å². The van der Waals surface area contributed by atoms with Crippen molar-refractivity contribution in [3.8, 4) is 0 Å². The Labute approximate surface area is 166 Å². The third-order valence-corrected chi connectivity index (χ3v) is 5.46. The Kier molecular flexibility index (Phi) is 6.24. The highest BCUT2D eigenvalue weighted by Crippen LogP contribution is 2.16. The first-order valence-corrected chi connectivity index (χ1v) is 9.97. The Bertz CT molecular complexity index is 870. The average Bonchev–Trinajstić information content (AvgIpc) is 2.69. The van der Waals surface area contributed by atoms with E-state index < -0.39 is 0 Å². The number of rotatable bonds is 5. The third kappa shape index (κ3) is 4.30. The number of hydrogen-bond acceptors (Lipinski definition) is 5. The summed E-state index contributed by atoms with van der Waals surface area (Å²) in [6.07, 6.45) is 0. The van der Waals surface area contributed by atoms with Crippen LogP contribution in [0.1, 0.15) is 35.6 Å². The molecule has 1 aromatic carbocycles. The fourth-order valence-electron chi connectivity index (χ4n) is 3.52. The average molecular weight is 383 g/mol. The normalized spacial score (nSPS) is 15.1. The molecule has 2 heterocycles. The van der Waals surface area contributed by atoms with Gasteiger partial charge in [-0.3, -0.25) is 14.5 Å². The first-order chi connectivity index (χ1) is 13.4. The molecule has 1 fully saturated rings. The lowest BCUT2D eigenvalue weighted by Gasteiger charge is -2.35. The first kappa shape index (κ1) is 20.2. The van der Waals surface area contributed by atoms with Gasteiger partial charge < -0.3 is 9.80 Å². The van der Waals surface area contributed by atoms with Crippen LogP contribution in [0.5, 0.6) is 0 Å². The first-order valence-electron chi connectivity index (χ1n) is 9.97. The van der Waals surface area contributed by atoms with E-state index in [1.807, 2.05) is 55.7 Å². The van der Waals surface area contributed by atoms with Crippen molar-refractivity contribution in [3.63, 3.8) is 0 Å². The van der Waals surface area contributed by atoms with E-state index >= 15 is 0 Å². The zero-order valence-corrected chi connectivity index (χ0v) is 17.2. The van der Waals surface area contributed by atoms with Gasteiger partial charge >= 0.3 is 0 Å². The molecule has 7 heteroatoms. The SMILES string of the molecule is CCN(CC)C(=O)CN1CCN(C(=O)c2ccc3nc(C)c(C)nc3c2)CC1. The van der Waals surface area contributed by atoms with Gasteiger partial charge in [-0.15, -0.1) is 0 Å². The van der Waals surface area contributed by atoms with Gasteiger partial charge in [0.1, 0.15) is 0 Å². The van der Waals surface area contributed by atoms with Crippen molar-refractivity contribution in [2.45, 2.75) is 27.7 Å². The molecule has 0 N–H and O–H groups in total. The number of carbonyl (C=O) groups excluding carboxylic acids is 2. The summed E-state index contributed by atoms with van der Waals surface area (Å²) in [6, 6.07) is 5.51. The minimum atomic E-state index is 0.0108. The number of fused-ring (bicyclic) bond motifs is 1. The Morgan fingerprint density at radius 2 is 1.57 bits per heavy atom. The fraction of sp³-hybridized carbons (Fsp3) is 0.524. The van der Waals surface area contributed by atoms with Crippen LogP contribution in [0.4, 0.5) is 0 Å². The highest BCUT2D eigenvalue weighted by atomic mass is 16.2. The summed E-state index contributed by atoms with van der Waals surface area (Å²) >= 11 is 0. The molecule has 3 rings (SSSR count). The molecule has 2 amide bonds. The van der Waals surface area contributed by atoms with Crippen molar-refractivity contribution in [1.82, 2.24) is 24.7 Å². The van der Waals surface area contributed by atoms with Gasteiger partial charge in [-0.2, -0.15) is 0 Å². The smallest absolute Gasteiger partial charge is 0.254 e. The largest absolute Gasteiger partial charge is 0.342 e. The molecule has 0 saturated carbocycles. The second kappa shape index (κ2) is 8.65. The van der Waals surface area contributed by atoms with Crippen LogP contribution in [0.3, 0.4) is 0 Å². The fourth-order valence-corrected chi connectivity index (χ4v) is 3.52. The number of amides is 2. The van der Waals surface area contributed by atoms with Crippen LogP contribution in [-0.4, -0.2) is 82.3 Å². The van der Waals surface area contributed by atoms with E-state index in [1.165, 1.54) is 0 Å². The number of aromatic nitrogens is 2. The van der Waals surface area contributed by atoms with Crippen LogP contribution in [0, 0.1) is 13.8 Å². The van der Waals surface area contributed by atoms with Gasteiger partial charge in [-0.05, 0) is 45.9 Å². The highest BCUT2D eigenvalue weighted by Gasteiger charge is 2.24. The maximum Gasteiger partial charge on any atom is 0.254 e. The van der Waals surface area contributed by atoms with E-state index in [9.17, 15) is 9.59 Å². The Morgan fingerprint density at radius 3 is 2.18 bits per heavy atom. The van der Waals surface area contributed by atoms with E-state index in [-0.39, 0.29) is 11.8 Å². The molecular formula is C21H29N5O2. The summed E-state index contributed by atoms with van der Waals surface area (Å²) in [6.45, 7) is 12.4. The zero-order chi connectivity index (χ0) is 20.3. The van der Waals surface area contributed by atoms with E-state index in [2.05, 4.69) is 14.9 Å². The predicted octanol–water partition coefficient (Wildman–Crippen LogP) is 1.87. The molecule has 0 atom stereocenters. The van der Waals surface area contributed by atoms with E-state index in [1.54, 1.807) is 0 Å². The predicted molar refractivity (Wildman–Crippen MR) is 109 cm³/mol. The number of aryl methyl sites for hydroxylation is 2. The second-order valence-corrected chi connectivity index (χ2v) is 7.23. The monoisotopic (exact) mass is 383 g/mol. The van der Waals surface area contributed by atoms with Crippen molar-refractivity contribution in [3.05, 3.63) is 35.2 Å². The number of carbonyl (C=O) groups is 2. The van der Waals surface area contributed by atoms with Crippen molar-refractivity contribution >= 4 is 22.8 Å². The third-order valence-electron chi connectivity index (χ3n) is 5.46. The van der Waals surface area contributed by atoms with Gasteiger partial charge in [0.25, 0.3) is 5.91 Å². The molecule has 0 bridgehead atoms. The summed E-state index contributed by atoms with van der Waals surface area (Å²) in [5.74, 6) is 0.167. The maximum atomic E-state index is 12.9. The molecule has 0 spiro atoms. The number of nitrogens with zero attached hydrogens (tertiary/aromatic N) is 5. The minimum absolute atomic E-state index is 0.0108. The summed E-state index contributed by atoms with van der Waals surface area (Å²) in [4.78, 5) is 40.1. The molecule has 28 heavy (non-hydrogen) atoms. The molecule has 1 aromatic heterocycles. The molecular weight excluding hydrogens is 354 g/mol. The molecule has 150 valence electrons. The van der Waals surface area contributed by atoms with Gasteiger partial charge in [0.2, 0.25) is 5.91 Å². The Balaban J connectivity index is 1.63. The zero-order valence-electron chi connectivity index (χ0n) is 17.2. The summed E-state index contributed by atoms with van der Waals surface area (Å²) < 4.78 is 0. The van der Waals surface area contributed by atoms with Gasteiger partial charge in [0.15, 0.2) is 0 Å². The van der Waals surface area contributed by atoms with Crippen LogP contribution in [0.2, 0.25) is 0 Å². The van der Waals surface area contributed by atoms with Gasteiger partial charge in [-0.25, -0.2) is 9.97 Å². The molecule has 0 aliphatic carbocycles. The van der Waals surface area contributed by atoms with Crippen molar-refractivity contribution in [2.75, 3.05) is 45.8 Å². The quantitative estimate of drug-likeness (QED) is 0.788. The maximum absolute atomic E-state index is 12.9. The number of hydrogen-bond donors (Lipinski definition) is 0. The summed E-state index contributed by atoms with van der Waals surface area (Å²) in [7, 11) is 0. The number of benzene rings is 1. The summed E-state index contributed by atoms with van der Waals surface area (Å²) in [5, 5.41) is 0. The Hall–Kier alpha value is -2.54. The minimum Gasteiger partial charge on any atom is -0.342 e. The topological polar surface area (TPSA) is 69.6 Å². The van der Waals surface area contributed by atoms with Gasteiger partial charge in [0.05, 0.1) is 29.0 Å². The lowest BCUT2D eigenvalue weighted by molar-refractivity contribution is -0.132. The number of likely N-dealkylation sites (N-methyl/N-ethyl adjacent to an activating group) is 1. The Morgan fingerprint density at radius 1 is 0.964 bits per heavy atom. The molecule has 7 nitrogen and oxygen atoms in total. The number of piperazine rings is 1. The van der Waals surface area contributed by atoms with Crippen LogP contribution in [0.15, 0.2) is 18.2 Å². The van der Waals surface area contributed by atoms with Crippen molar-refractivity contribution in [1.29, 1.82) is 0 Å². The van der Waals surface area contributed by atoms with E-state index in [0.717, 1.165) is 35.5 Å². The molecule has 1 aliphatic rings. The van der Waals surface area contributed by atoms with E-state index in [4.69, 9.17) is 0 Å². The van der Waals surface area contributed by atoms with Crippen LogP contribution < -0.4 is 0 Å². The second-order valence-electron chi connectivity index (χ2n) is 7.23. The molecule has 0 radical (unpaired) electrons. The standard InChI is InChI=1S/C21H29N5O2/c1-5-25(6-2)20(27)14-24-9-11-26(12-10-24)21(28)17-7-8-18-19(13-17)23-16(4)15(3)22-18/h7-8,13H,5-6,9-12,14H2,1-4H3. The molecule has 1 aliphatic heterocycles. The molecule has 2 aromatic rings. The lowest BCUT2D eigenvalue weighted by Crippen LogP contribution is -2.51.